The molecule has 10 heavy (non-hydrogen) atoms. The number of nitrogen functional groups attached to an aromatic ring is 1. The van der Waals surface area contributed by atoms with Crippen molar-refractivity contribution in [3.05, 3.63) is 5.69 Å². The lowest BCUT2D eigenvalue weighted by molar-refractivity contribution is 1.22. The maximum atomic E-state index is 5.49. The Labute approximate surface area is 72.0 Å². The van der Waals surface area contributed by atoms with Crippen molar-refractivity contribution in [2.24, 2.45) is 0 Å². The van der Waals surface area contributed by atoms with Gasteiger partial charge in [-0.25, -0.2) is 4.98 Å². The van der Waals surface area contributed by atoms with Crippen LogP contribution in [0.4, 0.5) is 5.13 Å². The average molecular weight is 192 g/mol. The second-order valence-electron chi connectivity index (χ2n) is 1.67. The topological polar surface area (TPSA) is 38.9 Å². The molecular formula is C5H8N2S3. The summed E-state index contributed by atoms with van der Waals surface area (Å²) in [5, 5.41) is 0.661. The summed E-state index contributed by atoms with van der Waals surface area (Å²) in [6, 6.07) is 0. The average Bonchev–Trinajstić information content (AvgIpc) is 2.13. The third-order valence-electron chi connectivity index (χ3n) is 0.930. The van der Waals surface area contributed by atoms with Crippen LogP contribution in [-0.4, -0.2) is 11.2 Å². The molecule has 0 aliphatic carbocycles. The molecule has 0 spiro atoms. The molecule has 1 aromatic heterocycles. The molecule has 1 heterocycles. The Morgan fingerprint density at radius 3 is 2.70 bits per heavy atom. The first-order valence-electron chi connectivity index (χ1n) is 2.67. The monoisotopic (exact) mass is 192 g/mol. The van der Waals surface area contributed by atoms with Gasteiger partial charge in [-0.05, 0) is 24.0 Å². The Morgan fingerprint density at radius 2 is 2.30 bits per heavy atom. The molecule has 0 radical (unpaired) electrons. The van der Waals surface area contributed by atoms with E-state index >= 15 is 0 Å². The van der Waals surface area contributed by atoms with E-state index in [-0.39, 0.29) is 0 Å². The first kappa shape index (κ1) is 8.23. The van der Waals surface area contributed by atoms with Gasteiger partial charge in [0.2, 0.25) is 0 Å². The number of nitrogens with zero attached hydrogens (tertiary/aromatic N) is 1. The summed E-state index contributed by atoms with van der Waals surface area (Å²) in [5.74, 6) is 0. The largest absolute Gasteiger partial charge is 0.375 e. The van der Waals surface area contributed by atoms with Gasteiger partial charge < -0.3 is 5.73 Å². The number of thiazole rings is 1. The number of rotatable bonds is 2. The second-order valence-corrected chi connectivity index (χ2v) is 5.37. The molecule has 56 valence electrons. The SMILES string of the molecule is CSSc1sc(N)nc1C. The number of aromatic nitrogens is 1. The van der Waals surface area contributed by atoms with Crippen molar-refractivity contribution in [3.8, 4) is 0 Å². The number of hydrogen-bond donors (Lipinski definition) is 1. The van der Waals surface area contributed by atoms with Gasteiger partial charge in [-0.15, -0.1) is 0 Å². The number of nitrogens with two attached hydrogens (primary N) is 1. The van der Waals surface area contributed by atoms with Gasteiger partial charge in [0.15, 0.2) is 5.13 Å². The van der Waals surface area contributed by atoms with E-state index in [0.717, 1.165) is 5.69 Å². The van der Waals surface area contributed by atoms with E-state index in [1.807, 2.05) is 13.2 Å². The highest BCUT2D eigenvalue weighted by molar-refractivity contribution is 8.76. The lowest BCUT2D eigenvalue weighted by Gasteiger charge is -1.89. The fourth-order valence-corrected chi connectivity index (χ4v) is 3.57. The summed E-state index contributed by atoms with van der Waals surface area (Å²) in [7, 11) is 3.43. The van der Waals surface area contributed by atoms with E-state index in [1.165, 1.54) is 4.21 Å². The lowest BCUT2D eigenvalue weighted by Crippen LogP contribution is -1.80. The Morgan fingerprint density at radius 1 is 1.60 bits per heavy atom. The molecule has 2 N–H and O–H groups in total. The van der Waals surface area contributed by atoms with Crippen LogP contribution in [0.15, 0.2) is 4.21 Å². The Hall–Kier alpha value is 0.130. The molecule has 0 aliphatic rings. The zero-order valence-corrected chi connectivity index (χ0v) is 8.20. The van der Waals surface area contributed by atoms with Crippen LogP contribution in [0.1, 0.15) is 5.69 Å². The van der Waals surface area contributed by atoms with Crippen LogP contribution >= 0.6 is 32.9 Å². The van der Waals surface area contributed by atoms with Crippen LogP contribution in [-0.2, 0) is 0 Å². The molecule has 0 aromatic carbocycles. The number of aryl methyl sites for hydroxylation is 1. The minimum atomic E-state index is 0.661. The van der Waals surface area contributed by atoms with E-state index in [9.17, 15) is 0 Å². The summed E-state index contributed by atoms with van der Waals surface area (Å²) in [5.41, 5.74) is 6.54. The Balaban J connectivity index is 2.81. The smallest absolute Gasteiger partial charge is 0.181 e. The first-order chi connectivity index (χ1) is 4.74. The van der Waals surface area contributed by atoms with Gasteiger partial charge in [-0.3, -0.25) is 0 Å². The van der Waals surface area contributed by atoms with Gasteiger partial charge >= 0.3 is 0 Å². The van der Waals surface area contributed by atoms with Gasteiger partial charge in [-0.1, -0.05) is 22.1 Å². The van der Waals surface area contributed by atoms with Gasteiger partial charge in [0.25, 0.3) is 0 Å². The number of anilines is 1. The molecule has 1 aromatic rings. The molecule has 0 amide bonds. The van der Waals surface area contributed by atoms with Crippen molar-refractivity contribution in [1.82, 2.24) is 4.98 Å². The normalized spacial score (nSPS) is 10.2. The van der Waals surface area contributed by atoms with Crippen molar-refractivity contribution in [2.45, 2.75) is 11.1 Å². The van der Waals surface area contributed by atoms with E-state index in [0.29, 0.717) is 5.13 Å². The molecular weight excluding hydrogens is 184 g/mol. The molecule has 1 rings (SSSR count). The van der Waals surface area contributed by atoms with Crippen molar-refractivity contribution < 1.29 is 0 Å². The van der Waals surface area contributed by atoms with E-state index in [4.69, 9.17) is 5.73 Å². The van der Waals surface area contributed by atoms with Crippen molar-refractivity contribution >= 4 is 38.1 Å². The van der Waals surface area contributed by atoms with Crippen molar-refractivity contribution in [1.29, 1.82) is 0 Å². The predicted molar refractivity (Wildman–Crippen MR) is 50.6 cm³/mol. The molecule has 5 heteroatoms. The van der Waals surface area contributed by atoms with Gasteiger partial charge in [0, 0.05) is 0 Å². The van der Waals surface area contributed by atoms with Crippen LogP contribution in [0.25, 0.3) is 0 Å². The molecule has 0 atom stereocenters. The lowest BCUT2D eigenvalue weighted by atomic mass is 10.6. The highest BCUT2D eigenvalue weighted by Gasteiger charge is 2.03. The maximum absolute atomic E-state index is 5.49. The second kappa shape index (κ2) is 3.50. The minimum Gasteiger partial charge on any atom is -0.375 e. The summed E-state index contributed by atoms with van der Waals surface area (Å²) in [4.78, 5) is 4.09. The zero-order chi connectivity index (χ0) is 7.56. The molecule has 2 nitrogen and oxygen atoms in total. The van der Waals surface area contributed by atoms with Crippen molar-refractivity contribution in [2.75, 3.05) is 12.0 Å². The molecule has 0 saturated carbocycles. The minimum absolute atomic E-state index is 0.661. The van der Waals surface area contributed by atoms with Gasteiger partial charge in [0.05, 0.1) is 9.90 Å². The number of hydrogen-bond acceptors (Lipinski definition) is 5. The van der Waals surface area contributed by atoms with Crippen LogP contribution in [0.5, 0.6) is 0 Å². The standard InChI is InChI=1S/C5H8N2S3/c1-3-4(10-8-2)9-5(6)7-3/h1-2H3,(H2,6,7). The summed E-state index contributed by atoms with van der Waals surface area (Å²) >= 11 is 1.55. The van der Waals surface area contributed by atoms with Crippen molar-refractivity contribution in [3.63, 3.8) is 0 Å². The van der Waals surface area contributed by atoms with Crippen LogP contribution in [0, 0.1) is 6.92 Å². The fourth-order valence-electron chi connectivity index (χ4n) is 0.556. The first-order valence-corrected chi connectivity index (χ1v) is 6.05. The van der Waals surface area contributed by atoms with Crippen LogP contribution in [0.2, 0.25) is 0 Å². The van der Waals surface area contributed by atoms with Crippen LogP contribution < -0.4 is 5.73 Å². The zero-order valence-electron chi connectivity index (χ0n) is 5.75. The predicted octanol–water partition coefficient (Wildman–Crippen LogP) is 2.40. The fraction of sp³-hybridized carbons (Fsp3) is 0.400. The molecule has 0 aliphatic heterocycles. The highest BCUT2D eigenvalue weighted by Crippen LogP contribution is 2.36. The summed E-state index contributed by atoms with van der Waals surface area (Å²) in [6.07, 6.45) is 2.04. The van der Waals surface area contributed by atoms with Crippen LogP contribution in [0.3, 0.4) is 0 Å². The summed E-state index contributed by atoms with van der Waals surface area (Å²) in [6.45, 7) is 1.98. The highest BCUT2D eigenvalue weighted by atomic mass is 33.1. The quantitative estimate of drug-likeness (QED) is 0.730. The third kappa shape index (κ3) is 1.81. The molecule has 0 fully saturated rings. The van der Waals surface area contributed by atoms with E-state index in [1.54, 1.807) is 32.9 Å². The van der Waals surface area contributed by atoms with Gasteiger partial charge in [0.1, 0.15) is 0 Å². The molecule has 0 saturated heterocycles. The van der Waals surface area contributed by atoms with E-state index < -0.39 is 0 Å². The molecule has 0 unspecified atom stereocenters. The third-order valence-corrected chi connectivity index (χ3v) is 4.14. The Bertz CT molecular complexity index is 221. The van der Waals surface area contributed by atoms with E-state index in [2.05, 4.69) is 4.98 Å². The van der Waals surface area contributed by atoms with Gasteiger partial charge in [-0.2, -0.15) is 0 Å². The maximum Gasteiger partial charge on any atom is 0.181 e. The summed E-state index contributed by atoms with van der Waals surface area (Å²) < 4.78 is 1.21. The molecule has 0 bridgehead atoms. The Kier molecular flexibility index (Phi) is 2.88.